The molecule has 0 spiro atoms. The van der Waals surface area contributed by atoms with Gasteiger partial charge < -0.3 is 0 Å². The molecule has 0 radical (unpaired) electrons. The van der Waals surface area contributed by atoms with E-state index in [4.69, 9.17) is 0 Å². The molecule has 1 aromatic rings. The summed E-state index contributed by atoms with van der Waals surface area (Å²) < 4.78 is 27.2. The van der Waals surface area contributed by atoms with Gasteiger partial charge in [-0.3, -0.25) is 4.98 Å². The van der Waals surface area contributed by atoms with Crippen LogP contribution in [-0.2, 0) is 16.6 Å². The van der Waals surface area contributed by atoms with Crippen molar-refractivity contribution in [2.24, 2.45) is 5.92 Å². The van der Waals surface area contributed by atoms with Gasteiger partial charge in [-0.1, -0.05) is 6.07 Å². The first-order valence-corrected chi connectivity index (χ1v) is 8.38. The van der Waals surface area contributed by atoms with E-state index in [0.717, 1.165) is 25.0 Å². The fourth-order valence-corrected chi connectivity index (χ4v) is 3.81. The van der Waals surface area contributed by atoms with Gasteiger partial charge in [0.25, 0.3) is 10.2 Å². The van der Waals surface area contributed by atoms with Gasteiger partial charge in [0, 0.05) is 39.1 Å². The highest BCUT2D eigenvalue weighted by atomic mass is 32.2. The largest absolute Gasteiger partial charge is 0.281 e. The van der Waals surface area contributed by atoms with Gasteiger partial charge in [-0.2, -0.15) is 17.0 Å². The maximum Gasteiger partial charge on any atom is 0.281 e. The van der Waals surface area contributed by atoms with Crippen LogP contribution in [0, 0.1) is 12.8 Å². The summed E-state index contributed by atoms with van der Waals surface area (Å²) in [4.78, 5) is 4.30. The number of hydrogen-bond acceptors (Lipinski definition) is 3. The molecule has 0 amide bonds. The summed E-state index contributed by atoms with van der Waals surface area (Å²) >= 11 is 0. The van der Waals surface area contributed by atoms with E-state index in [-0.39, 0.29) is 0 Å². The van der Waals surface area contributed by atoms with Crippen LogP contribution in [0.5, 0.6) is 0 Å². The third-order valence-corrected chi connectivity index (χ3v) is 5.67. The van der Waals surface area contributed by atoms with Crippen LogP contribution >= 0.6 is 0 Å². The Balaban J connectivity index is 2.02. The van der Waals surface area contributed by atoms with Gasteiger partial charge >= 0.3 is 0 Å². The second-order valence-electron chi connectivity index (χ2n) is 5.67. The summed E-state index contributed by atoms with van der Waals surface area (Å²) in [7, 11) is -0.109. The van der Waals surface area contributed by atoms with Gasteiger partial charge in [0.2, 0.25) is 0 Å². The third kappa shape index (κ3) is 3.56. The monoisotopic (exact) mass is 297 g/mol. The molecular formula is C14H23N3O2S. The lowest BCUT2D eigenvalue weighted by Gasteiger charge is -2.33. The Labute approximate surface area is 121 Å². The van der Waals surface area contributed by atoms with Gasteiger partial charge in [-0.05, 0) is 43.7 Å². The van der Waals surface area contributed by atoms with Crippen LogP contribution in [0.15, 0.2) is 18.3 Å². The molecule has 1 aromatic heterocycles. The van der Waals surface area contributed by atoms with E-state index >= 15 is 0 Å². The highest BCUT2D eigenvalue weighted by Crippen LogP contribution is 2.23. The minimum absolute atomic E-state index is 0.378. The van der Waals surface area contributed by atoms with Crippen LogP contribution in [0.3, 0.4) is 0 Å². The first-order valence-electron chi connectivity index (χ1n) is 6.98. The second-order valence-corrected chi connectivity index (χ2v) is 7.81. The van der Waals surface area contributed by atoms with Gasteiger partial charge in [-0.15, -0.1) is 0 Å². The standard InChI is InChI=1S/C14H23N3O2S/c1-12-6-7-13(10-15-12)9-14-5-4-8-17(11-14)20(18,19)16(2)3/h6-7,10,14H,4-5,8-9,11H2,1-3H3/t14-/m0/s1. The van der Waals surface area contributed by atoms with Crippen molar-refractivity contribution in [3.8, 4) is 0 Å². The summed E-state index contributed by atoms with van der Waals surface area (Å²) in [5.41, 5.74) is 2.19. The SMILES string of the molecule is Cc1ccc(C[C@@H]2CCCN(S(=O)(=O)N(C)C)C2)cn1. The van der Waals surface area contributed by atoms with Crippen LogP contribution in [0.4, 0.5) is 0 Å². The van der Waals surface area contributed by atoms with Gasteiger partial charge in [0.15, 0.2) is 0 Å². The zero-order valence-electron chi connectivity index (χ0n) is 12.4. The highest BCUT2D eigenvalue weighted by molar-refractivity contribution is 7.86. The molecule has 1 saturated heterocycles. The van der Waals surface area contributed by atoms with Crippen molar-refractivity contribution < 1.29 is 8.42 Å². The zero-order valence-corrected chi connectivity index (χ0v) is 13.2. The Morgan fingerprint density at radius 1 is 1.40 bits per heavy atom. The lowest BCUT2D eigenvalue weighted by atomic mass is 9.93. The molecule has 0 N–H and O–H groups in total. The van der Waals surface area contributed by atoms with Crippen molar-refractivity contribution in [3.05, 3.63) is 29.6 Å². The summed E-state index contributed by atoms with van der Waals surface area (Å²) in [6, 6.07) is 4.09. The number of aromatic nitrogens is 1. The van der Waals surface area contributed by atoms with Crippen LogP contribution in [-0.4, -0.2) is 49.2 Å². The van der Waals surface area contributed by atoms with Crippen molar-refractivity contribution in [1.82, 2.24) is 13.6 Å². The van der Waals surface area contributed by atoms with E-state index in [1.54, 1.807) is 18.4 Å². The molecule has 1 aliphatic heterocycles. The predicted molar refractivity (Wildman–Crippen MR) is 79.6 cm³/mol. The number of nitrogens with zero attached hydrogens (tertiary/aromatic N) is 3. The number of pyridine rings is 1. The number of piperidine rings is 1. The summed E-state index contributed by atoms with van der Waals surface area (Å²) in [6.45, 7) is 3.20. The van der Waals surface area contributed by atoms with Crippen LogP contribution in [0.25, 0.3) is 0 Å². The summed E-state index contributed by atoms with van der Waals surface area (Å²) in [5, 5.41) is 0. The van der Waals surface area contributed by atoms with Crippen molar-refractivity contribution in [2.75, 3.05) is 27.2 Å². The van der Waals surface area contributed by atoms with Gasteiger partial charge in [0.1, 0.15) is 0 Å². The van der Waals surface area contributed by atoms with E-state index in [2.05, 4.69) is 11.1 Å². The summed E-state index contributed by atoms with van der Waals surface area (Å²) in [5.74, 6) is 0.378. The van der Waals surface area contributed by atoms with Crippen molar-refractivity contribution in [1.29, 1.82) is 0 Å². The average Bonchev–Trinajstić information content (AvgIpc) is 2.41. The normalized spacial score (nSPS) is 21.3. The molecule has 2 rings (SSSR count). The molecule has 0 bridgehead atoms. The fourth-order valence-electron chi connectivity index (χ4n) is 2.59. The Bertz CT molecular complexity index is 540. The minimum Gasteiger partial charge on any atom is -0.261 e. The summed E-state index contributed by atoms with van der Waals surface area (Å²) in [6.07, 6.45) is 4.80. The highest BCUT2D eigenvalue weighted by Gasteiger charge is 2.30. The lowest BCUT2D eigenvalue weighted by Crippen LogP contribution is -2.45. The third-order valence-electron chi connectivity index (χ3n) is 3.77. The molecule has 0 saturated carbocycles. The first kappa shape index (κ1) is 15.4. The number of aryl methyl sites for hydroxylation is 1. The molecule has 0 unspecified atom stereocenters. The Morgan fingerprint density at radius 2 is 2.15 bits per heavy atom. The molecule has 20 heavy (non-hydrogen) atoms. The van der Waals surface area contributed by atoms with Crippen molar-refractivity contribution in [3.63, 3.8) is 0 Å². The second kappa shape index (κ2) is 6.20. The first-order chi connectivity index (χ1) is 9.39. The molecule has 1 atom stereocenters. The maximum absolute atomic E-state index is 12.2. The number of rotatable bonds is 4. The molecule has 112 valence electrons. The molecule has 0 aromatic carbocycles. The smallest absolute Gasteiger partial charge is 0.261 e. The number of hydrogen-bond donors (Lipinski definition) is 0. The van der Waals surface area contributed by atoms with Crippen LogP contribution < -0.4 is 0 Å². The lowest BCUT2D eigenvalue weighted by molar-refractivity contribution is 0.254. The Morgan fingerprint density at radius 3 is 2.75 bits per heavy atom. The van der Waals surface area contributed by atoms with Crippen molar-refractivity contribution in [2.45, 2.75) is 26.2 Å². The fraction of sp³-hybridized carbons (Fsp3) is 0.643. The Hall–Kier alpha value is -0.980. The molecule has 2 heterocycles. The van der Waals surface area contributed by atoms with E-state index in [0.29, 0.717) is 19.0 Å². The zero-order chi connectivity index (χ0) is 14.8. The van der Waals surface area contributed by atoms with E-state index in [1.165, 1.54) is 9.87 Å². The van der Waals surface area contributed by atoms with Gasteiger partial charge in [0.05, 0.1) is 0 Å². The van der Waals surface area contributed by atoms with Crippen LogP contribution in [0.1, 0.15) is 24.1 Å². The van der Waals surface area contributed by atoms with E-state index in [1.807, 2.05) is 19.2 Å². The maximum atomic E-state index is 12.2. The average molecular weight is 297 g/mol. The molecular weight excluding hydrogens is 274 g/mol. The quantitative estimate of drug-likeness (QED) is 0.845. The van der Waals surface area contributed by atoms with Gasteiger partial charge in [-0.25, -0.2) is 0 Å². The molecule has 1 aliphatic rings. The van der Waals surface area contributed by atoms with E-state index < -0.39 is 10.2 Å². The molecule has 5 nitrogen and oxygen atoms in total. The molecule has 1 fully saturated rings. The predicted octanol–water partition coefficient (Wildman–Crippen LogP) is 1.45. The topological polar surface area (TPSA) is 53.5 Å². The van der Waals surface area contributed by atoms with E-state index in [9.17, 15) is 8.42 Å². The van der Waals surface area contributed by atoms with Crippen molar-refractivity contribution >= 4 is 10.2 Å². The Kier molecular flexibility index (Phi) is 4.78. The van der Waals surface area contributed by atoms with Crippen LogP contribution in [0.2, 0.25) is 0 Å². The minimum atomic E-state index is -3.28. The molecule has 0 aliphatic carbocycles. The molecule has 6 heteroatoms.